The van der Waals surface area contributed by atoms with E-state index in [1.165, 1.54) is 35.7 Å². The lowest BCUT2D eigenvalue weighted by molar-refractivity contribution is 0.102. The summed E-state index contributed by atoms with van der Waals surface area (Å²) < 4.78 is 1.85. The largest absolute Gasteiger partial charge is 0.293 e. The Morgan fingerprint density at radius 1 is 1.23 bits per heavy atom. The average Bonchev–Trinajstić information content (AvgIpc) is 3.30. The van der Waals surface area contributed by atoms with Crippen molar-refractivity contribution in [3.63, 3.8) is 0 Å². The summed E-state index contributed by atoms with van der Waals surface area (Å²) in [6.45, 7) is 0. The highest BCUT2D eigenvalue weighted by molar-refractivity contribution is 7.99. The van der Waals surface area contributed by atoms with Crippen molar-refractivity contribution in [2.45, 2.75) is 49.7 Å². The number of carbonyl (C=O) groups is 1. The maximum absolute atomic E-state index is 12.4. The molecule has 5 nitrogen and oxygen atoms in total. The Balaban J connectivity index is 1.44. The van der Waals surface area contributed by atoms with Crippen molar-refractivity contribution in [3.8, 4) is 0 Å². The van der Waals surface area contributed by atoms with E-state index in [2.05, 4.69) is 27.7 Å². The predicted molar refractivity (Wildman–Crippen MR) is 84.2 cm³/mol. The Morgan fingerprint density at radius 2 is 2.05 bits per heavy atom. The number of hydrogen-bond acceptors (Lipinski definition) is 5. The molecule has 1 heterocycles. The van der Waals surface area contributed by atoms with Crippen LogP contribution in [0.2, 0.25) is 0 Å². The van der Waals surface area contributed by atoms with Gasteiger partial charge in [-0.1, -0.05) is 23.9 Å². The molecule has 0 unspecified atom stereocenters. The highest BCUT2D eigenvalue weighted by atomic mass is 32.2. The van der Waals surface area contributed by atoms with Crippen LogP contribution in [0.1, 0.15) is 53.2 Å². The second-order valence-corrected chi connectivity index (χ2v) is 6.98. The van der Waals surface area contributed by atoms with E-state index in [0.29, 0.717) is 11.8 Å². The molecule has 2 aliphatic rings. The van der Waals surface area contributed by atoms with Crippen LogP contribution in [0.15, 0.2) is 23.4 Å². The summed E-state index contributed by atoms with van der Waals surface area (Å²) in [5, 5.41) is 12.5. The fraction of sp³-hybridized carbons (Fsp3) is 0.500. The minimum atomic E-state index is 0.156. The number of ketones is 1. The Kier molecular flexibility index (Phi) is 3.70. The quantitative estimate of drug-likeness (QED) is 0.627. The normalized spacial score (nSPS) is 17.3. The van der Waals surface area contributed by atoms with Crippen LogP contribution in [0.5, 0.6) is 0 Å². The molecule has 0 amide bonds. The molecule has 0 spiro atoms. The fourth-order valence-electron chi connectivity index (χ4n) is 2.95. The van der Waals surface area contributed by atoms with E-state index in [0.717, 1.165) is 36.4 Å². The smallest absolute Gasteiger partial charge is 0.210 e. The van der Waals surface area contributed by atoms with Crippen LogP contribution in [0.25, 0.3) is 0 Å². The third-order valence-electron chi connectivity index (χ3n) is 4.36. The number of carbonyl (C=O) groups excluding carboxylic acids is 1. The Hall–Kier alpha value is -1.69. The van der Waals surface area contributed by atoms with Gasteiger partial charge < -0.3 is 0 Å². The monoisotopic (exact) mass is 314 g/mol. The number of aryl methyl sites for hydroxylation is 2. The summed E-state index contributed by atoms with van der Waals surface area (Å²) in [5.74, 6) is 0.551. The number of nitrogens with zero attached hydrogens (tertiary/aromatic N) is 4. The topological polar surface area (TPSA) is 60.7 Å². The molecular weight excluding hydrogens is 296 g/mol. The van der Waals surface area contributed by atoms with E-state index in [1.54, 1.807) is 0 Å². The van der Waals surface area contributed by atoms with E-state index in [-0.39, 0.29) is 5.78 Å². The second kappa shape index (κ2) is 5.83. The zero-order valence-electron chi connectivity index (χ0n) is 12.4. The molecule has 0 bridgehead atoms. The van der Waals surface area contributed by atoms with Crippen molar-refractivity contribution in [1.82, 2.24) is 20.2 Å². The summed E-state index contributed by atoms with van der Waals surface area (Å²) in [4.78, 5) is 12.4. The summed E-state index contributed by atoms with van der Waals surface area (Å²) in [5.41, 5.74) is 3.58. The molecule has 0 atom stereocenters. The number of tetrazole rings is 1. The van der Waals surface area contributed by atoms with Crippen molar-refractivity contribution >= 4 is 17.5 Å². The first kappa shape index (κ1) is 13.9. The first-order valence-corrected chi connectivity index (χ1v) is 8.85. The van der Waals surface area contributed by atoms with Crippen LogP contribution < -0.4 is 0 Å². The minimum Gasteiger partial charge on any atom is -0.293 e. The van der Waals surface area contributed by atoms with Gasteiger partial charge in [0.25, 0.3) is 0 Å². The molecule has 2 aromatic rings. The van der Waals surface area contributed by atoms with Crippen molar-refractivity contribution in [3.05, 3.63) is 34.9 Å². The fourth-order valence-corrected chi connectivity index (χ4v) is 3.79. The van der Waals surface area contributed by atoms with Crippen LogP contribution in [0.3, 0.4) is 0 Å². The maximum Gasteiger partial charge on any atom is 0.210 e. The average molecular weight is 314 g/mol. The SMILES string of the molecule is O=C(CSc1nnnn1C1CC1)c1ccc2c(c1)CCCC2. The molecule has 0 N–H and O–H groups in total. The summed E-state index contributed by atoms with van der Waals surface area (Å²) in [6.07, 6.45) is 7.02. The molecule has 1 aromatic carbocycles. The van der Waals surface area contributed by atoms with Crippen molar-refractivity contribution in [2.24, 2.45) is 0 Å². The highest BCUT2D eigenvalue weighted by Crippen LogP contribution is 2.36. The first-order valence-electron chi connectivity index (χ1n) is 7.87. The van der Waals surface area contributed by atoms with Gasteiger partial charge in [0.05, 0.1) is 11.8 Å². The number of aromatic nitrogens is 4. The van der Waals surface area contributed by atoms with Gasteiger partial charge in [0, 0.05) is 5.56 Å². The third kappa shape index (κ3) is 2.79. The number of benzene rings is 1. The van der Waals surface area contributed by atoms with Crippen LogP contribution in [-0.4, -0.2) is 31.7 Å². The Bertz CT molecular complexity index is 708. The van der Waals surface area contributed by atoms with Crippen molar-refractivity contribution in [1.29, 1.82) is 0 Å². The second-order valence-electron chi connectivity index (χ2n) is 6.04. The van der Waals surface area contributed by atoms with E-state index in [9.17, 15) is 4.79 Å². The van der Waals surface area contributed by atoms with Crippen molar-refractivity contribution in [2.75, 3.05) is 5.75 Å². The summed E-state index contributed by atoms with van der Waals surface area (Å²) in [6, 6.07) is 6.62. The van der Waals surface area contributed by atoms with Gasteiger partial charge in [-0.15, -0.1) is 5.10 Å². The molecule has 22 heavy (non-hydrogen) atoms. The molecule has 114 valence electrons. The minimum absolute atomic E-state index is 0.156. The van der Waals surface area contributed by atoms with E-state index >= 15 is 0 Å². The van der Waals surface area contributed by atoms with Gasteiger partial charge in [0.1, 0.15) is 0 Å². The molecular formula is C16H18N4OS. The number of thioether (sulfide) groups is 1. The number of hydrogen-bond donors (Lipinski definition) is 0. The summed E-state index contributed by atoms with van der Waals surface area (Å²) in [7, 11) is 0. The Morgan fingerprint density at radius 3 is 2.86 bits per heavy atom. The van der Waals surface area contributed by atoms with Crippen LogP contribution in [-0.2, 0) is 12.8 Å². The van der Waals surface area contributed by atoms with E-state index in [4.69, 9.17) is 0 Å². The van der Waals surface area contributed by atoms with Gasteiger partial charge >= 0.3 is 0 Å². The lowest BCUT2D eigenvalue weighted by Crippen LogP contribution is -2.08. The zero-order valence-corrected chi connectivity index (χ0v) is 13.2. The highest BCUT2D eigenvalue weighted by Gasteiger charge is 2.28. The lowest BCUT2D eigenvalue weighted by atomic mass is 9.90. The molecule has 1 aromatic heterocycles. The van der Waals surface area contributed by atoms with Gasteiger partial charge in [-0.05, 0) is 66.1 Å². The van der Waals surface area contributed by atoms with Gasteiger partial charge in [-0.2, -0.15) is 0 Å². The third-order valence-corrected chi connectivity index (χ3v) is 5.29. The van der Waals surface area contributed by atoms with Crippen molar-refractivity contribution < 1.29 is 4.79 Å². The molecule has 4 rings (SSSR count). The molecule has 0 radical (unpaired) electrons. The Labute approximate surface area is 133 Å². The first-order chi connectivity index (χ1) is 10.8. The standard InChI is InChI=1S/C16H18N4OS/c21-15(10-22-16-17-18-19-20(16)14-7-8-14)13-6-5-11-3-1-2-4-12(11)9-13/h5-6,9,14H,1-4,7-8,10H2. The molecule has 0 aliphatic heterocycles. The zero-order chi connectivity index (χ0) is 14.9. The van der Waals surface area contributed by atoms with Gasteiger partial charge in [0.15, 0.2) is 5.78 Å². The van der Waals surface area contributed by atoms with Crippen LogP contribution >= 0.6 is 11.8 Å². The number of fused-ring (bicyclic) bond motifs is 1. The van der Waals surface area contributed by atoms with Gasteiger partial charge in [-0.25, -0.2) is 4.68 Å². The molecule has 6 heteroatoms. The lowest BCUT2D eigenvalue weighted by Gasteiger charge is -2.16. The van der Waals surface area contributed by atoms with Gasteiger partial charge in [-0.3, -0.25) is 4.79 Å². The predicted octanol–water partition coefficient (Wildman–Crippen LogP) is 2.86. The molecule has 1 saturated carbocycles. The molecule has 0 saturated heterocycles. The summed E-state index contributed by atoms with van der Waals surface area (Å²) >= 11 is 1.44. The van der Waals surface area contributed by atoms with Crippen LogP contribution in [0, 0.1) is 0 Å². The number of rotatable bonds is 5. The number of Topliss-reactive ketones (excluding diaryl/α,β-unsaturated/α-hetero) is 1. The molecule has 2 aliphatic carbocycles. The van der Waals surface area contributed by atoms with E-state index in [1.807, 2.05) is 10.7 Å². The van der Waals surface area contributed by atoms with Crippen LogP contribution in [0.4, 0.5) is 0 Å². The maximum atomic E-state index is 12.4. The molecule has 1 fully saturated rings. The van der Waals surface area contributed by atoms with E-state index < -0.39 is 0 Å². The van der Waals surface area contributed by atoms with Gasteiger partial charge in [0.2, 0.25) is 5.16 Å².